The standard InChI is InChI=1S/C16H29NO/c1-14-6-5-9-16(18,10-14)13-17-11-15(12-17)7-3-2-4-8-15/h14,18H,2-13H2,1H3. The minimum absolute atomic E-state index is 0.367. The molecule has 0 bridgehead atoms. The van der Waals surface area contributed by atoms with Crippen LogP contribution in [0.15, 0.2) is 0 Å². The monoisotopic (exact) mass is 251 g/mol. The summed E-state index contributed by atoms with van der Waals surface area (Å²) in [5.74, 6) is 0.716. The first-order chi connectivity index (χ1) is 8.59. The summed E-state index contributed by atoms with van der Waals surface area (Å²) in [5.41, 5.74) is 0.294. The number of aliphatic hydroxyl groups is 1. The van der Waals surface area contributed by atoms with Crippen molar-refractivity contribution in [2.45, 2.75) is 70.3 Å². The van der Waals surface area contributed by atoms with Crippen LogP contribution in [0.5, 0.6) is 0 Å². The van der Waals surface area contributed by atoms with Crippen molar-refractivity contribution in [1.29, 1.82) is 0 Å². The molecule has 0 radical (unpaired) electrons. The summed E-state index contributed by atoms with van der Waals surface area (Å²) in [7, 11) is 0. The van der Waals surface area contributed by atoms with Crippen molar-refractivity contribution >= 4 is 0 Å². The van der Waals surface area contributed by atoms with Gasteiger partial charge in [0.15, 0.2) is 0 Å². The Balaban J connectivity index is 1.50. The Morgan fingerprint density at radius 3 is 2.44 bits per heavy atom. The average molecular weight is 251 g/mol. The summed E-state index contributed by atoms with van der Waals surface area (Å²) in [6.45, 7) is 5.77. The van der Waals surface area contributed by atoms with Gasteiger partial charge in [-0.15, -0.1) is 0 Å². The normalized spacial score (nSPS) is 40.7. The quantitative estimate of drug-likeness (QED) is 0.814. The minimum atomic E-state index is -0.367. The SMILES string of the molecule is CC1CCCC(O)(CN2CC3(CCCCC3)C2)C1. The molecule has 1 heterocycles. The van der Waals surface area contributed by atoms with Crippen molar-refractivity contribution in [3.05, 3.63) is 0 Å². The third-order valence-corrected chi connectivity index (χ3v) is 5.62. The Kier molecular flexibility index (Phi) is 3.44. The van der Waals surface area contributed by atoms with Crippen LogP contribution in [-0.4, -0.2) is 35.2 Å². The molecule has 0 amide bonds. The van der Waals surface area contributed by atoms with Crippen LogP contribution >= 0.6 is 0 Å². The van der Waals surface area contributed by atoms with E-state index in [4.69, 9.17) is 0 Å². The Hall–Kier alpha value is -0.0800. The van der Waals surface area contributed by atoms with Crippen LogP contribution in [0.25, 0.3) is 0 Å². The molecule has 0 aromatic heterocycles. The first kappa shape index (κ1) is 12.9. The van der Waals surface area contributed by atoms with Gasteiger partial charge in [-0.05, 0) is 37.0 Å². The first-order valence-corrected chi connectivity index (χ1v) is 8.04. The van der Waals surface area contributed by atoms with Crippen LogP contribution in [-0.2, 0) is 0 Å². The lowest BCUT2D eigenvalue weighted by Gasteiger charge is -2.55. The van der Waals surface area contributed by atoms with E-state index in [2.05, 4.69) is 11.8 Å². The van der Waals surface area contributed by atoms with Gasteiger partial charge in [0, 0.05) is 19.6 Å². The molecule has 104 valence electrons. The van der Waals surface area contributed by atoms with Crippen molar-refractivity contribution in [3.8, 4) is 0 Å². The highest BCUT2D eigenvalue weighted by atomic mass is 16.3. The van der Waals surface area contributed by atoms with E-state index in [-0.39, 0.29) is 5.60 Å². The van der Waals surface area contributed by atoms with Crippen LogP contribution < -0.4 is 0 Å². The number of hydrogen-bond donors (Lipinski definition) is 1. The van der Waals surface area contributed by atoms with E-state index in [0.29, 0.717) is 11.3 Å². The van der Waals surface area contributed by atoms with Crippen LogP contribution in [0.1, 0.15) is 64.7 Å². The van der Waals surface area contributed by atoms with Crippen molar-refractivity contribution in [3.63, 3.8) is 0 Å². The molecule has 0 aromatic carbocycles. The minimum Gasteiger partial charge on any atom is -0.389 e. The highest BCUT2D eigenvalue weighted by molar-refractivity contribution is 4.99. The number of nitrogens with zero attached hydrogens (tertiary/aromatic N) is 1. The molecular weight excluding hydrogens is 222 g/mol. The lowest BCUT2D eigenvalue weighted by Crippen LogP contribution is -2.61. The van der Waals surface area contributed by atoms with Gasteiger partial charge in [0.05, 0.1) is 5.60 Å². The Morgan fingerprint density at radius 2 is 1.78 bits per heavy atom. The van der Waals surface area contributed by atoms with E-state index in [1.54, 1.807) is 0 Å². The van der Waals surface area contributed by atoms with E-state index in [0.717, 1.165) is 19.4 Å². The molecule has 2 heteroatoms. The number of rotatable bonds is 2. The molecule has 2 saturated carbocycles. The highest BCUT2D eigenvalue weighted by Crippen LogP contribution is 2.45. The van der Waals surface area contributed by atoms with E-state index < -0.39 is 0 Å². The van der Waals surface area contributed by atoms with Gasteiger partial charge in [-0.1, -0.05) is 39.0 Å². The topological polar surface area (TPSA) is 23.5 Å². The summed E-state index contributed by atoms with van der Waals surface area (Å²) < 4.78 is 0. The van der Waals surface area contributed by atoms with Crippen LogP contribution in [0.4, 0.5) is 0 Å². The van der Waals surface area contributed by atoms with Gasteiger partial charge in [-0.3, -0.25) is 4.90 Å². The molecule has 1 saturated heterocycles. The van der Waals surface area contributed by atoms with Crippen molar-refractivity contribution in [2.75, 3.05) is 19.6 Å². The molecule has 2 unspecified atom stereocenters. The third kappa shape index (κ3) is 2.60. The van der Waals surface area contributed by atoms with Gasteiger partial charge < -0.3 is 5.11 Å². The molecule has 2 nitrogen and oxygen atoms in total. The van der Waals surface area contributed by atoms with Crippen LogP contribution in [0.3, 0.4) is 0 Å². The van der Waals surface area contributed by atoms with Gasteiger partial charge in [-0.2, -0.15) is 0 Å². The van der Waals surface area contributed by atoms with Gasteiger partial charge >= 0.3 is 0 Å². The molecule has 0 aromatic rings. The Labute approximate surface area is 112 Å². The molecule has 2 atom stereocenters. The fourth-order valence-electron chi connectivity index (χ4n) is 4.82. The van der Waals surface area contributed by atoms with Crippen LogP contribution in [0, 0.1) is 11.3 Å². The lowest BCUT2D eigenvalue weighted by atomic mass is 9.68. The maximum atomic E-state index is 10.7. The zero-order valence-electron chi connectivity index (χ0n) is 12.0. The fourth-order valence-corrected chi connectivity index (χ4v) is 4.82. The maximum Gasteiger partial charge on any atom is 0.0776 e. The predicted octanol–water partition coefficient (Wildman–Crippen LogP) is 3.19. The molecule has 3 fully saturated rings. The molecule has 1 N–H and O–H groups in total. The first-order valence-electron chi connectivity index (χ1n) is 8.04. The summed E-state index contributed by atoms with van der Waals surface area (Å²) in [6, 6.07) is 0. The summed E-state index contributed by atoms with van der Waals surface area (Å²) in [5, 5.41) is 10.7. The Morgan fingerprint density at radius 1 is 1.06 bits per heavy atom. The molecule has 3 aliphatic rings. The number of hydrogen-bond acceptors (Lipinski definition) is 2. The summed E-state index contributed by atoms with van der Waals surface area (Å²) >= 11 is 0. The van der Waals surface area contributed by atoms with E-state index in [9.17, 15) is 5.11 Å². The zero-order valence-corrected chi connectivity index (χ0v) is 12.0. The van der Waals surface area contributed by atoms with Gasteiger partial charge in [-0.25, -0.2) is 0 Å². The largest absolute Gasteiger partial charge is 0.389 e. The molecule has 18 heavy (non-hydrogen) atoms. The zero-order chi connectivity index (χ0) is 12.6. The van der Waals surface area contributed by atoms with Crippen LogP contribution in [0.2, 0.25) is 0 Å². The smallest absolute Gasteiger partial charge is 0.0776 e. The fraction of sp³-hybridized carbons (Fsp3) is 1.00. The number of β-amino-alcohol motifs (C(OH)–C–C–N with tert-alkyl or cyclic N) is 1. The molecular formula is C16H29NO. The van der Waals surface area contributed by atoms with Gasteiger partial charge in [0.2, 0.25) is 0 Å². The van der Waals surface area contributed by atoms with E-state index >= 15 is 0 Å². The number of likely N-dealkylation sites (tertiary alicyclic amines) is 1. The summed E-state index contributed by atoms with van der Waals surface area (Å²) in [4.78, 5) is 2.53. The predicted molar refractivity (Wildman–Crippen MR) is 74.5 cm³/mol. The van der Waals surface area contributed by atoms with Crippen molar-refractivity contribution < 1.29 is 5.11 Å². The second-order valence-electron chi connectivity index (χ2n) is 7.63. The molecule has 1 spiro atoms. The summed E-state index contributed by atoms with van der Waals surface area (Å²) in [6.07, 6.45) is 11.8. The van der Waals surface area contributed by atoms with Gasteiger partial charge in [0.25, 0.3) is 0 Å². The van der Waals surface area contributed by atoms with Crippen molar-refractivity contribution in [1.82, 2.24) is 4.90 Å². The Bertz CT molecular complexity index is 289. The second-order valence-corrected chi connectivity index (χ2v) is 7.63. The average Bonchev–Trinajstić information content (AvgIpc) is 2.27. The molecule has 3 rings (SSSR count). The van der Waals surface area contributed by atoms with E-state index in [1.165, 1.54) is 58.0 Å². The third-order valence-electron chi connectivity index (χ3n) is 5.62. The van der Waals surface area contributed by atoms with E-state index in [1.807, 2.05) is 0 Å². The molecule has 1 aliphatic heterocycles. The van der Waals surface area contributed by atoms with Gasteiger partial charge in [0.1, 0.15) is 0 Å². The second kappa shape index (κ2) is 4.79. The molecule has 2 aliphatic carbocycles. The van der Waals surface area contributed by atoms with Crippen molar-refractivity contribution in [2.24, 2.45) is 11.3 Å². The lowest BCUT2D eigenvalue weighted by molar-refractivity contribution is -0.0991. The highest BCUT2D eigenvalue weighted by Gasteiger charge is 2.46. The maximum absolute atomic E-state index is 10.7.